The lowest BCUT2D eigenvalue weighted by atomic mass is 10.2. The van der Waals surface area contributed by atoms with Gasteiger partial charge in [-0.1, -0.05) is 6.07 Å². The van der Waals surface area contributed by atoms with E-state index in [2.05, 4.69) is 24.3 Å². The van der Waals surface area contributed by atoms with Crippen molar-refractivity contribution in [1.29, 1.82) is 0 Å². The van der Waals surface area contributed by atoms with E-state index in [4.69, 9.17) is 9.47 Å². The van der Waals surface area contributed by atoms with Crippen LogP contribution in [0.4, 0.5) is 0 Å². The molecular weight excluding hydrogens is 228 g/mol. The smallest absolute Gasteiger partial charge is 0.161 e. The standard InChI is InChI=1S/C14H24N2O2/c1-12-5-6-13(14(11-12)17-4)18-10-8-15-7-9-16(2)3/h5-6,11,15H,7-10H2,1-4H3. The molecule has 0 spiro atoms. The minimum atomic E-state index is 0.646. The predicted molar refractivity (Wildman–Crippen MR) is 74.6 cm³/mol. The van der Waals surface area contributed by atoms with Gasteiger partial charge < -0.3 is 19.7 Å². The minimum Gasteiger partial charge on any atom is -0.493 e. The van der Waals surface area contributed by atoms with Crippen LogP contribution in [-0.4, -0.2) is 52.3 Å². The van der Waals surface area contributed by atoms with Gasteiger partial charge in [-0.15, -0.1) is 0 Å². The molecule has 0 unspecified atom stereocenters. The summed E-state index contributed by atoms with van der Waals surface area (Å²) in [5.41, 5.74) is 1.17. The Morgan fingerprint density at radius 2 is 1.94 bits per heavy atom. The van der Waals surface area contributed by atoms with E-state index in [1.54, 1.807) is 7.11 Å². The van der Waals surface area contributed by atoms with Crippen molar-refractivity contribution in [2.24, 2.45) is 0 Å². The maximum atomic E-state index is 5.69. The van der Waals surface area contributed by atoms with Gasteiger partial charge in [0.05, 0.1) is 7.11 Å². The van der Waals surface area contributed by atoms with E-state index in [-0.39, 0.29) is 0 Å². The van der Waals surface area contributed by atoms with E-state index in [1.165, 1.54) is 5.56 Å². The molecule has 0 saturated carbocycles. The minimum absolute atomic E-state index is 0.646. The first kappa shape index (κ1) is 14.8. The van der Waals surface area contributed by atoms with Crippen LogP contribution < -0.4 is 14.8 Å². The van der Waals surface area contributed by atoms with Gasteiger partial charge >= 0.3 is 0 Å². The van der Waals surface area contributed by atoms with Gasteiger partial charge in [-0.05, 0) is 38.7 Å². The predicted octanol–water partition coefficient (Wildman–Crippen LogP) is 1.53. The molecule has 102 valence electrons. The Balaban J connectivity index is 2.27. The van der Waals surface area contributed by atoms with E-state index in [0.29, 0.717) is 6.61 Å². The summed E-state index contributed by atoms with van der Waals surface area (Å²) >= 11 is 0. The molecule has 4 heteroatoms. The molecule has 0 atom stereocenters. The summed E-state index contributed by atoms with van der Waals surface area (Å²) in [6.07, 6.45) is 0. The third-order valence-corrected chi connectivity index (χ3v) is 2.59. The third kappa shape index (κ3) is 5.38. The van der Waals surface area contributed by atoms with Crippen molar-refractivity contribution < 1.29 is 9.47 Å². The highest BCUT2D eigenvalue weighted by Crippen LogP contribution is 2.27. The van der Waals surface area contributed by atoms with Crippen molar-refractivity contribution in [2.75, 3.05) is 47.4 Å². The molecule has 0 saturated heterocycles. The van der Waals surface area contributed by atoms with Crippen molar-refractivity contribution in [3.63, 3.8) is 0 Å². The zero-order chi connectivity index (χ0) is 13.4. The van der Waals surface area contributed by atoms with E-state index in [9.17, 15) is 0 Å². The van der Waals surface area contributed by atoms with Crippen LogP contribution in [0.25, 0.3) is 0 Å². The van der Waals surface area contributed by atoms with Crippen LogP contribution in [0.1, 0.15) is 5.56 Å². The number of nitrogens with zero attached hydrogens (tertiary/aromatic N) is 1. The first-order valence-corrected chi connectivity index (χ1v) is 6.26. The van der Waals surface area contributed by atoms with Gasteiger partial charge in [-0.2, -0.15) is 0 Å². The molecule has 1 aromatic carbocycles. The maximum absolute atomic E-state index is 5.69. The van der Waals surface area contributed by atoms with Gasteiger partial charge in [0.15, 0.2) is 11.5 Å². The number of methoxy groups -OCH3 is 1. The molecular formula is C14H24N2O2. The quantitative estimate of drug-likeness (QED) is 0.712. The molecule has 0 aliphatic carbocycles. The largest absolute Gasteiger partial charge is 0.493 e. The van der Waals surface area contributed by atoms with Crippen molar-refractivity contribution in [3.8, 4) is 11.5 Å². The number of ether oxygens (including phenoxy) is 2. The first-order valence-electron chi connectivity index (χ1n) is 6.26. The Morgan fingerprint density at radius 1 is 1.17 bits per heavy atom. The molecule has 1 aromatic rings. The SMILES string of the molecule is COc1cc(C)ccc1OCCNCCN(C)C. The number of rotatable bonds is 8. The average Bonchev–Trinajstić information content (AvgIpc) is 2.34. The fourth-order valence-electron chi connectivity index (χ4n) is 1.55. The molecule has 0 fully saturated rings. The summed E-state index contributed by atoms with van der Waals surface area (Å²) in [4.78, 5) is 2.15. The number of nitrogens with one attached hydrogen (secondary N) is 1. The molecule has 0 radical (unpaired) electrons. The summed E-state index contributed by atoms with van der Waals surface area (Å²) in [7, 11) is 5.79. The number of likely N-dealkylation sites (N-methyl/N-ethyl adjacent to an activating group) is 1. The zero-order valence-electron chi connectivity index (χ0n) is 11.8. The molecule has 0 aromatic heterocycles. The van der Waals surface area contributed by atoms with Gasteiger partial charge in [0.25, 0.3) is 0 Å². The van der Waals surface area contributed by atoms with Gasteiger partial charge in [-0.3, -0.25) is 0 Å². The van der Waals surface area contributed by atoms with E-state index in [0.717, 1.165) is 31.1 Å². The van der Waals surface area contributed by atoms with Crippen LogP contribution >= 0.6 is 0 Å². The molecule has 0 amide bonds. The lowest BCUT2D eigenvalue weighted by molar-refractivity contribution is 0.289. The molecule has 1 N–H and O–H groups in total. The van der Waals surface area contributed by atoms with Crippen molar-refractivity contribution in [3.05, 3.63) is 23.8 Å². The number of aryl methyl sites for hydroxylation is 1. The van der Waals surface area contributed by atoms with Gasteiger partial charge in [-0.25, -0.2) is 0 Å². The molecule has 1 rings (SSSR count). The summed E-state index contributed by atoms with van der Waals surface area (Å²) in [6.45, 7) is 5.53. The fourth-order valence-corrected chi connectivity index (χ4v) is 1.55. The monoisotopic (exact) mass is 252 g/mol. The van der Waals surface area contributed by atoms with Crippen LogP contribution in [0.2, 0.25) is 0 Å². The fraction of sp³-hybridized carbons (Fsp3) is 0.571. The second-order valence-electron chi connectivity index (χ2n) is 4.56. The number of hydrogen-bond acceptors (Lipinski definition) is 4. The Hall–Kier alpha value is -1.26. The van der Waals surface area contributed by atoms with E-state index >= 15 is 0 Å². The summed E-state index contributed by atoms with van der Waals surface area (Å²) in [6, 6.07) is 5.96. The Kier molecular flexibility index (Phi) is 6.54. The van der Waals surface area contributed by atoms with Gasteiger partial charge in [0, 0.05) is 19.6 Å². The summed E-state index contributed by atoms with van der Waals surface area (Å²) < 4.78 is 11.0. The molecule has 0 aliphatic heterocycles. The van der Waals surface area contributed by atoms with Crippen LogP contribution in [0.3, 0.4) is 0 Å². The normalized spacial score (nSPS) is 10.7. The van der Waals surface area contributed by atoms with E-state index in [1.807, 2.05) is 25.1 Å². The van der Waals surface area contributed by atoms with E-state index < -0.39 is 0 Å². The van der Waals surface area contributed by atoms with Crippen LogP contribution in [-0.2, 0) is 0 Å². The van der Waals surface area contributed by atoms with Crippen molar-refractivity contribution >= 4 is 0 Å². The summed E-state index contributed by atoms with van der Waals surface area (Å²) in [5.74, 6) is 1.60. The highest BCUT2D eigenvalue weighted by molar-refractivity contribution is 5.42. The average molecular weight is 252 g/mol. The zero-order valence-corrected chi connectivity index (χ0v) is 11.8. The number of hydrogen-bond donors (Lipinski definition) is 1. The molecule has 4 nitrogen and oxygen atoms in total. The van der Waals surface area contributed by atoms with Crippen LogP contribution in [0, 0.1) is 6.92 Å². The van der Waals surface area contributed by atoms with Crippen molar-refractivity contribution in [2.45, 2.75) is 6.92 Å². The topological polar surface area (TPSA) is 33.7 Å². The lowest BCUT2D eigenvalue weighted by Crippen LogP contribution is -2.29. The third-order valence-electron chi connectivity index (χ3n) is 2.59. The first-order chi connectivity index (χ1) is 8.63. The second-order valence-corrected chi connectivity index (χ2v) is 4.56. The summed E-state index contributed by atoms with van der Waals surface area (Å²) in [5, 5.41) is 3.33. The molecule has 18 heavy (non-hydrogen) atoms. The highest BCUT2D eigenvalue weighted by atomic mass is 16.5. The Bertz CT molecular complexity index is 354. The van der Waals surface area contributed by atoms with Crippen molar-refractivity contribution in [1.82, 2.24) is 10.2 Å². The Labute approximate surface area is 110 Å². The lowest BCUT2D eigenvalue weighted by Gasteiger charge is -2.13. The second kappa shape index (κ2) is 7.95. The van der Waals surface area contributed by atoms with Crippen LogP contribution in [0.15, 0.2) is 18.2 Å². The molecule has 0 aliphatic rings. The Morgan fingerprint density at radius 3 is 2.61 bits per heavy atom. The number of benzene rings is 1. The van der Waals surface area contributed by atoms with Gasteiger partial charge in [0.2, 0.25) is 0 Å². The molecule has 0 bridgehead atoms. The maximum Gasteiger partial charge on any atom is 0.161 e. The van der Waals surface area contributed by atoms with Crippen LogP contribution in [0.5, 0.6) is 11.5 Å². The highest BCUT2D eigenvalue weighted by Gasteiger charge is 2.03. The van der Waals surface area contributed by atoms with Gasteiger partial charge in [0.1, 0.15) is 6.61 Å². The molecule has 0 heterocycles.